The van der Waals surface area contributed by atoms with Crippen LogP contribution in [0, 0.1) is 5.82 Å². The van der Waals surface area contributed by atoms with Gasteiger partial charge in [0.15, 0.2) is 11.5 Å². The number of ketones is 1. The van der Waals surface area contributed by atoms with Crippen molar-refractivity contribution in [2.24, 2.45) is 0 Å². The van der Waals surface area contributed by atoms with E-state index in [1.165, 1.54) is 6.07 Å². The van der Waals surface area contributed by atoms with Gasteiger partial charge in [-0.3, -0.25) is 4.79 Å². The fourth-order valence-corrected chi connectivity index (χ4v) is 3.57. The predicted octanol–water partition coefficient (Wildman–Crippen LogP) is 4.25. The topological polar surface area (TPSA) is 35.5 Å². The van der Waals surface area contributed by atoms with Gasteiger partial charge in [0.05, 0.1) is 14.2 Å². The number of hydrogen-bond acceptors (Lipinski definition) is 3. The van der Waals surface area contributed by atoms with E-state index in [1.807, 2.05) is 6.07 Å². The van der Waals surface area contributed by atoms with Gasteiger partial charge in [0, 0.05) is 28.8 Å². The van der Waals surface area contributed by atoms with Crippen molar-refractivity contribution in [3.63, 3.8) is 0 Å². The Bertz CT molecular complexity index is 773. The molecule has 2 aromatic rings. The number of hydrogen-bond donors (Lipinski definition) is 0. The zero-order valence-corrected chi connectivity index (χ0v) is 14.4. The lowest BCUT2D eigenvalue weighted by Gasteiger charge is -2.28. The molecule has 5 heteroatoms. The van der Waals surface area contributed by atoms with E-state index in [-0.39, 0.29) is 23.9 Å². The first-order chi connectivity index (χ1) is 11.0. The minimum absolute atomic E-state index is 0.0918. The molecule has 3 rings (SSSR count). The van der Waals surface area contributed by atoms with E-state index in [1.54, 1.807) is 32.4 Å². The lowest BCUT2D eigenvalue weighted by atomic mass is 9.77. The van der Waals surface area contributed by atoms with Gasteiger partial charge in [-0.05, 0) is 35.4 Å². The maximum atomic E-state index is 14.4. The lowest BCUT2D eigenvalue weighted by Crippen LogP contribution is -2.21. The second-order valence-electron chi connectivity index (χ2n) is 5.51. The van der Waals surface area contributed by atoms with Crippen LogP contribution in [0.25, 0.3) is 0 Å². The summed E-state index contributed by atoms with van der Waals surface area (Å²) in [7, 11) is 3.12. The Balaban J connectivity index is 2.25. The Kier molecular flexibility index (Phi) is 4.39. The number of Topliss-reactive ketones (excluding diaryl/α,β-unsaturated/α-hetero) is 1. The largest absolute Gasteiger partial charge is 0.493 e. The Hall–Kier alpha value is -1.88. The van der Waals surface area contributed by atoms with Crippen LogP contribution in [-0.2, 0) is 11.2 Å². The molecule has 1 atom stereocenters. The molecule has 0 aliphatic heterocycles. The second-order valence-corrected chi connectivity index (χ2v) is 6.43. The van der Waals surface area contributed by atoms with Crippen LogP contribution in [-0.4, -0.2) is 20.0 Å². The molecule has 120 valence electrons. The van der Waals surface area contributed by atoms with Crippen molar-refractivity contribution in [2.75, 3.05) is 14.2 Å². The van der Waals surface area contributed by atoms with Crippen molar-refractivity contribution in [3.8, 4) is 11.5 Å². The molecule has 0 saturated heterocycles. The highest BCUT2D eigenvalue weighted by molar-refractivity contribution is 9.10. The zero-order chi connectivity index (χ0) is 16.6. The van der Waals surface area contributed by atoms with Gasteiger partial charge in [0.25, 0.3) is 0 Å². The molecule has 1 unspecified atom stereocenters. The highest BCUT2D eigenvalue weighted by Gasteiger charge is 2.32. The summed E-state index contributed by atoms with van der Waals surface area (Å²) < 4.78 is 26.0. The molecule has 0 heterocycles. The van der Waals surface area contributed by atoms with Gasteiger partial charge >= 0.3 is 0 Å². The van der Waals surface area contributed by atoms with Crippen LogP contribution < -0.4 is 9.47 Å². The van der Waals surface area contributed by atoms with Crippen LogP contribution >= 0.6 is 15.9 Å². The molecule has 0 amide bonds. The minimum Gasteiger partial charge on any atom is -0.493 e. The maximum Gasteiger partial charge on any atom is 0.164 e. The summed E-state index contributed by atoms with van der Waals surface area (Å²) >= 11 is 3.37. The molecule has 2 aromatic carbocycles. The van der Waals surface area contributed by atoms with Gasteiger partial charge in [-0.25, -0.2) is 4.39 Å². The van der Waals surface area contributed by atoms with E-state index < -0.39 is 0 Å². The average Bonchev–Trinajstić information content (AvgIpc) is 2.55. The number of carbonyl (C=O) groups is 1. The molecule has 0 aromatic heterocycles. The first-order valence-corrected chi connectivity index (χ1v) is 8.04. The summed E-state index contributed by atoms with van der Waals surface area (Å²) in [6.45, 7) is 0. The normalized spacial score (nSPS) is 16.9. The van der Waals surface area contributed by atoms with Crippen molar-refractivity contribution in [1.29, 1.82) is 0 Å². The fraction of sp³-hybridized carbons (Fsp3) is 0.278. The summed E-state index contributed by atoms with van der Waals surface area (Å²) in [5.74, 6) is 0.537. The SMILES string of the molecule is COc1ccc2c(c1OC)C(c1cc(Br)ccc1F)CC(=O)C2. The summed E-state index contributed by atoms with van der Waals surface area (Å²) in [5.41, 5.74) is 2.19. The third-order valence-electron chi connectivity index (χ3n) is 4.18. The number of ether oxygens (including phenoxy) is 2. The van der Waals surface area contributed by atoms with Crippen molar-refractivity contribution in [1.82, 2.24) is 0 Å². The van der Waals surface area contributed by atoms with E-state index in [0.29, 0.717) is 23.5 Å². The van der Waals surface area contributed by atoms with E-state index in [0.717, 1.165) is 15.6 Å². The zero-order valence-electron chi connectivity index (χ0n) is 12.9. The number of methoxy groups -OCH3 is 2. The maximum absolute atomic E-state index is 14.4. The first kappa shape index (κ1) is 16.0. The quantitative estimate of drug-likeness (QED) is 0.800. The van der Waals surface area contributed by atoms with Crippen LogP contribution in [0.2, 0.25) is 0 Å². The van der Waals surface area contributed by atoms with Crippen LogP contribution in [0.5, 0.6) is 11.5 Å². The van der Waals surface area contributed by atoms with Crippen LogP contribution in [0.15, 0.2) is 34.8 Å². The Morgan fingerprint density at radius 3 is 2.65 bits per heavy atom. The molecular formula is C18H16BrFO3. The van der Waals surface area contributed by atoms with Gasteiger partial charge < -0.3 is 9.47 Å². The van der Waals surface area contributed by atoms with Crippen molar-refractivity contribution >= 4 is 21.7 Å². The summed E-state index contributed by atoms with van der Waals surface area (Å²) in [4.78, 5) is 12.2. The van der Waals surface area contributed by atoms with E-state index in [4.69, 9.17) is 9.47 Å². The van der Waals surface area contributed by atoms with Crippen LogP contribution in [0.3, 0.4) is 0 Å². The first-order valence-electron chi connectivity index (χ1n) is 7.25. The molecule has 1 aliphatic carbocycles. The number of rotatable bonds is 3. The lowest BCUT2D eigenvalue weighted by molar-refractivity contribution is -0.119. The standard InChI is InChI=1S/C18H16BrFO3/c1-22-16-6-3-10-7-12(21)9-14(17(10)18(16)23-2)13-8-11(19)4-5-15(13)20/h3-6,8,14H,7,9H2,1-2H3. The summed E-state index contributed by atoms with van der Waals surface area (Å²) in [6.07, 6.45) is 0.589. The Morgan fingerprint density at radius 2 is 1.96 bits per heavy atom. The van der Waals surface area contributed by atoms with Crippen molar-refractivity contribution in [2.45, 2.75) is 18.8 Å². The smallest absolute Gasteiger partial charge is 0.164 e. The van der Waals surface area contributed by atoms with Crippen molar-refractivity contribution in [3.05, 3.63) is 57.3 Å². The van der Waals surface area contributed by atoms with Gasteiger partial charge in [-0.1, -0.05) is 22.0 Å². The molecule has 3 nitrogen and oxygen atoms in total. The Labute approximate surface area is 142 Å². The molecule has 0 N–H and O–H groups in total. The third-order valence-corrected chi connectivity index (χ3v) is 4.67. The molecule has 0 spiro atoms. The number of carbonyl (C=O) groups excluding carboxylic acids is 1. The monoisotopic (exact) mass is 378 g/mol. The molecule has 0 fully saturated rings. The van der Waals surface area contributed by atoms with Gasteiger partial charge in [-0.15, -0.1) is 0 Å². The Morgan fingerprint density at radius 1 is 1.17 bits per heavy atom. The van der Waals surface area contributed by atoms with E-state index in [2.05, 4.69) is 15.9 Å². The highest BCUT2D eigenvalue weighted by atomic mass is 79.9. The van der Waals surface area contributed by atoms with Crippen LogP contribution in [0.4, 0.5) is 4.39 Å². The molecule has 0 radical (unpaired) electrons. The number of halogens is 2. The van der Waals surface area contributed by atoms with Gasteiger partial charge in [0.2, 0.25) is 0 Å². The van der Waals surface area contributed by atoms with Crippen LogP contribution in [0.1, 0.15) is 29.0 Å². The van der Waals surface area contributed by atoms with Gasteiger partial charge in [0.1, 0.15) is 11.6 Å². The van der Waals surface area contributed by atoms with E-state index in [9.17, 15) is 9.18 Å². The van der Waals surface area contributed by atoms with Crippen molar-refractivity contribution < 1.29 is 18.7 Å². The molecule has 0 saturated carbocycles. The van der Waals surface area contributed by atoms with Gasteiger partial charge in [-0.2, -0.15) is 0 Å². The minimum atomic E-state index is -0.381. The molecule has 1 aliphatic rings. The third kappa shape index (κ3) is 2.85. The molecule has 0 bridgehead atoms. The summed E-state index contributed by atoms with van der Waals surface area (Å²) in [5, 5.41) is 0. The van der Waals surface area contributed by atoms with E-state index >= 15 is 0 Å². The fourth-order valence-electron chi connectivity index (χ4n) is 3.19. The number of fused-ring (bicyclic) bond motifs is 1. The average molecular weight is 379 g/mol. The summed E-state index contributed by atoms with van der Waals surface area (Å²) in [6, 6.07) is 8.42. The molecule has 23 heavy (non-hydrogen) atoms. The number of benzene rings is 2. The predicted molar refractivity (Wildman–Crippen MR) is 88.8 cm³/mol. The molecular weight excluding hydrogens is 363 g/mol. The highest BCUT2D eigenvalue weighted by Crippen LogP contribution is 2.45. The second kappa shape index (κ2) is 6.32.